The third kappa shape index (κ3) is 3.07. The topological polar surface area (TPSA) is 55.6 Å². The van der Waals surface area contributed by atoms with Crippen LogP contribution in [-0.4, -0.2) is 19.5 Å². The predicted molar refractivity (Wildman–Crippen MR) is 105 cm³/mol. The van der Waals surface area contributed by atoms with Gasteiger partial charge in [0.2, 0.25) is 5.95 Å². The molecule has 2 aromatic heterocycles. The van der Waals surface area contributed by atoms with Crippen molar-refractivity contribution in [3.8, 4) is 5.82 Å². The Morgan fingerprint density at radius 3 is 2.73 bits per heavy atom. The number of hydrogen-bond acceptors (Lipinski definition) is 4. The fourth-order valence-corrected chi connectivity index (χ4v) is 2.91. The third-order valence-corrected chi connectivity index (χ3v) is 4.34. The standard InChI is InChI=1S/C21H19N5/c1-3-16-9-10-19-18(13-16)23-14-26(19)20-11-12-22-21(25-20)24-15(2)17-7-5-4-6-8-17/h3-15H,1H2,2H3,(H,22,24,25)/t15-/m0/s1. The maximum Gasteiger partial charge on any atom is 0.225 e. The van der Waals surface area contributed by atoms with E-state index in [9.17, 15) is 0 Å². The molecule has 128 valence electrons. The molecule has 0 unspecified atom stereocenters. The summed E-state index contributed by atoms with van der Waals surface area (Å²) in [7, 11) is 0. The first-order valence-electron chi connectivity index (χ1n) is 8.49. The van der Waals surface area contributed by atoms with Crippen LogP contribution in [0.3, 0.4) is 0 Å². The van der Waals surface area contributed by atoms with Crippen LogP contribution in [0.25, 0.3) is 22.9 Å². The molecule has 0 aliphatic carbocycles. The molecule has 1 atom stereocenters. The Morgan fingerprint density at radius 2 is 1.92 bits per heavy atom. The number of aromatic nitrogens is 4. The minimum Gasteiger partial charge on any atom is -0.348 e. The molecule has 4 rings (SSSR count). The Labute approximate surface area is 152 Å². The van der Waals surface area contributed by atoms with E-state index in [-0.39, 0.29) is 6.04 Å². The van der Waals surface area contributed by atoms with Crippen LogP contribution in [0.4, 0.5) is 5.95 Å². The van der Waals surface area contributed by atoms with E-state index < -0.39 is 0 Å². The van der Waals surface area contributed by atoms with E-state index in [0.29, 0.717) is 5.95 Å². The van der Waals surface area contributed by atoms with Gasteiger partial charge in [-0.3, -0.25) is 4.57 Å². The highest BCUT2D eigenvalue weighted by atomic mass is 15.2. The van der Waals surface area contributed by atoms with Gasteiger partial charge in [0.15, 0.2) is 0 Å². The number of hydrogen-bond donors (Lipinski definition) is 1. The lowest BCUT2D eigenvalue weighted by atomic mass is 10.1. The van der Waals surface area contributed by atoms with E-state index in [0.717, 1.165) is 22.4 Å². The average Bonchev–Trinajstić information content (AvgIpc) is 3.12. The molecule has 2 heterocycles. The van der Waals surface area contributed by atoms with E-state index in [1.807, 2.05) is 53.1 Å². The maximum absolute atomic E-state index is 4.65. The van der Waals surface area contributed by atoms with Crippen molar-refractivity contribution in [2.75, 3.05) is 5.32 Å². The van der Waals surface area contributed by atoms with Gasteiger partial charge in [-0.15, -0.1) is 0 Å². The van der Waals surface area contributed by atoms with E-state index in [1.54, 1.807) is 12.5 Å². The zero-order valence-corrected chi connectivity index (χ0v) is 14.5. The van der Waals surface area contributed by atoms with Crippen molar-refractivity contribution in [1.82, 2.24) is 19.5 Å². The van der Waals surface area contributed by atoms with Crippen molar-refractivity contribution in [2.45, 2.75) is 13.0 Å². The van der Waals surface area contributed by atoms with Crippen LogP contribution in [0.2, 0.25) is 0 Å². The zero-order valence-electron chi connectivity index (χ0n) is 14.5. The number of imidazole rings is 1. The molecule has 1 N–H and O–H groups in total. The van der Waals surface area contributed by atoms with Gasteiger partial charge in [0, 0.05) is 6.20 Å². The first-order chi connectivity index (χ1) is 12.7. The molecule has 0 radical (unpaired) electrons. The Balaban J connectivity index is 1.65. The van der Waals surface area contributed by atoms with E-state index in [4.69, 9.17) is 0 Å². The summed E-state index contributed by atoms with van der Waals surface area (Å²) in [6.07, 6.45) is 5.35. The van der Waals surface area contributed by atoms with Crippen LogP contribution < -0.4 is 5.32 Å². The largest absolute Gasteiger partial charge is 0.348 e. The smallest absolute Gasteiger partial charge is 0.225 e. The van der Waals surface area contributed by atoms with Crippen LogP contribution in [0, 0.1) is 0 Å². The number of rotatable bonds is 5. The van der Waals surface area contributed by atoms with E-state index in [2.05, 4.69) is 45.9 Å². The summed E-state index contributed by atoms with van der Waals surface area (Å²) in [6, 6.07) is 18.3. The monoisotopic (exact) mass is 341 g/mol. The normalized spacial score (nSPS) is 12.0. The third-order valence-electron chi connectivity index (χ3n) is 4.34. The molecule has 4 aromatic rings. The minimum absolute atomic E-state index is 0.112. The van der Waals surface area contributed by atoms with Crippen LogP contribution >= 0.6 is 0 Å². The van der Waals surface area contributed by atoms with Gasteiger partial charge in [0.25, 0.3) is 0 Å². The SMILES string of the molecule is C=Cc1ccc2c(c1)ncn2-c1ccnc(N[C@@H](C)c2ccccc2)n1. The van der Waals surface area contributed by atoms with Gasteiger partial charge in [-0.2, -0.15) is 4.98 Å². The van der Waals surface area contributed by atoms with Gasteiger partial charge >= 0.3 is 0 Å². The van der Waals surface area contributed by atoms with Gasteiger partial charge in [-0.05, 0) is 36.2 Å². The second-order valence-corrected chi connectivity index (χ2v) is 6.08. The molecule has 0 spiro atoms. The van der Waals surface area contributed by atoms with E-state index >= 15 is 0 Å². The lowest BCUT2D eigenvalue weighted by Crippen LogP contribution is -2.10. The second kappa shape index (κ2) is 6.80. The molecule has 0 aliphatic heterocycles. The van der Waals surface area contributed by atoms with Gasteiger partial charge < -0.3 is 5.32 Å². The Kier molecular flexibility index (Phi) is 4.19. The molecule has 0 amide bonds. The number of benzene rings is 2. The lowest BCUT2D eigenvalue weighted by molar-refractivity contribution is 0.854. The summed E-state index contributed by atoms with van der Waals surface area (Å²) < 4.78 is 1.96. The average molecular weight is 341 g/mol. The van der Waals surface area contributed by atoms with Gasteiger partial charge in [-0.25, -0.2) is 9.97 Å². The summed E-state index contributed by atoms with van der Waals surface area (Å²) in [6.45, 7) is 5.90. The van der Waals surface area contributed by atoms with Crippen LogP contribution in [0.5, 0.6) is 0 Å². The van der Waals surface area contributed by atoms with Crippen molar-refractivity contribution < 1.29 is 0 Å². The Hall–Kier alpha value is -3.47. The molecule has 0 bridgehead atoms. The molecule has 5 nitrogen and oxygen atoms in total. The quantitative estimate of drug-likeness (QED) is 0.575. The zero-order chi connectivity index (χ0) is 17.9. The minimum atomic E-state index is 0.112. The van der Waals surface area contributed by atoms with E-state index in [1.165, 1.54) is 5.56 Å². The van der Waals surface area contributed by atoms with Crippen molar-refractivity contribution in [3.63, 3.8) is 0 Å². The molecule has 0 saturated heterocycles. The maximum atomic E-state index is 4.65. The highest BCUT2D eigenvalue weighted by Gasteiger charge is 2.10. The van der Waals surface area contributed by atoms with Crippen LogP contribution in [0.15, 0.2) is 73.7 Å². The molecular weight excluding hydrogens is 322 g/mol. The fourth-order valence-electron chi connectivity index (χ4n) is 2.91. The summed E-state index contributed by atoms with van der Waals surface area (Å²) in [5.41, 5.74) is 4.14. The number of fused-ring (bicyclic) bond motifs is 1. The van der Waals surface area contributed by atoms with Crippen LogP contribution in [-0.2, 0) is 0 Å². The number of nitrogens with zero attached hydrogens (tertiary/aromatic N) is 4. The van der Waals surface area contributed by atoms with Crippen LogP contribution in [0.1, 0.15) is 24.1 Å². The van der Waals surface area contributed by atoms with Gasteiger partial charge in [-0.1, -0.05) is 49.1 Å². The first kappa shape index (κ1) is 16.0. The molecule has 2 aromatic carbocycles. The number of anilines is 1. The molecule has 0 aliphatic rings. The highest BCUT2D eigenvalue weighted by Crippen LogP contribution is 2.21. The number of nitrogens with one attached hydrogen (secondary N) is 1. The molecule has 0 fully saturated rings. The van der Waals surface area contributed by atoms with Gasteiger partial charge in [0.05, 0.1) is 17.1 Å². The first-order valence-corrected chi connectivity index (χ1v) is 8.49. The summed E-state index contributed by atoms with van der Waals surface area (Å²) >= 11 is 0. The van der Waals surface area contributed by atoms with Crippen molar-refractivity contribution >= 4 is 23.1 Å². The summed E-state index contributed by atoms with van der Waals surface area (Å²) in [5, 5.41) is 3.36. The molecule has 26 heavy (non-hydrogen) atoms. The lowest BCUT2D eigenvalue weighted by Gasteiger charge is -2.14. The molecule has 5 heteroatoms. The van der Waals surface area contributed by atoms with Crippen molar-refractivity contribution in [2.24, 2.45) is 0 Å². The molecular formula is C21H19N5. The van der Waals surface area contributed by atoms with Crippen molar-refractivity contribution in [3.05, 3.63) is 84.8 Å². The predicted octanol–water partition coefficient (Wildman–Crippen LogP) is 4.63. The second-order valence-electron chi connectivity index (χ2n) is 6.08. The Morgan fingerprint density at radius 1 is 1.08 bits per heavy atom. The summed E-state index contributed by atoms with van der Waals surface area (Å²) in [4.78, 5) is 13.5. The van der Waals surface area contributed by atoms with Crippen molar-refractivity contribution in [1.29, 1.82) is 0 Å². The highest BCUT2D eigenvalue weighted by molar-refractivity contribution is 5.79. The fraction of sp³-hybridized carbons (Fsp3) is 0.0952. The Bertz CT molecular complexity index is 1050. The molecule has 0 saturated carbocycles. The summed E-state index contributed by atoms with van der Waals surface area (Å²) in [5.74, 6) is 1.36. The van der Waals surface area contributed by atoms with Gasteiger partial charge in [0.1, 0.15) is 12.1 Å².